The molecular formula is C15H17NO3S. The predicted molar refractivity (Wildman–Crippen MR) is 77.8 cm³/mol. The predicted octanol–water partition coefficient (Wildman–Crippen LogP) is 1.70. The molecule has 1 heterocycles. The molecule has 1 aliphatic carbocycles. The molecule has 0 radical (unpaired) electrons. The van der Waals surface area contributed by atoms with Crippen LogP contribution in [-0.2, 0) is 28.9 Å². The summed E-state index contributed by atoms with van der Waals surface area (Å²) in [6.07, 6.45) is 3.72. The van der Waals surface area contributed by atoms with Crippen LogP contribution in [0.2, 0.25) is 0 Å². The van der Waals surface area contributed by atoms with Crippen LogP contribution in [0.5, 0.6) is 0 Å². The molecule has 1 atom stereocenters. The lowest BCUT2D eigenvalue weighted by atomic mass is 10.0. The van der Waals surface area contributed by atoms with Gasteiger partial charge in [-0.3, -0.25) is 4.79 Å². The van der Waals surface area contributed by atoms with E-state index >= 15 is 0 Å². The molecule has 0 saturated carbocycles. The zero-order chi connectivity index (χ0) is 14.1. The minimum atomic E-state index is -0.905. The highest BCUT2D eigenvalue weighted by molar-refractivity contribution is 7.99. The molecule has 3 rings (SSSR count). The van der Waals surface area contributed by atoms with Gasteiger partial charge in [-0.2, -0.15) is 0 Å². The Hall–Kier alpha value is -1.49. The third-order valence-corrected chi connectivity index (χ3v) is 5.02. The van der Waals surface area contributed by atoms with Crippen molar-refractivity contribution in [2.45, 2.75) is 31.7 Å². The summed E-state index contributed by atoms with van der Waals surface area (Å²) in [5, 5.41) is 9.12. The topological polar surface area (TPSA) is 57.6 Å². The van der Waals surface area contributed by atoms with Gasteiger partial charge in [-0.05, 0) is 36.0 Å². The van der Waals surface area contributed by atoms with Gasteiger partial charge in [-0.15, -0.1) is 11.8 Å². The van der Waals surface area contributed by atoms with Gasteiger partial charge in [0.1, 0.15) is 6.04 Å². The number of carboxylic acids is 1. The van der Waals surface area contributed by atoms with Crippen LogP contribution in [0.4, 0.5) is 0 Å². The van der Waals surface area contributed by atoms with Crippen LogP contribution in [0.15, 0.2) is 18.2 Å². The molecule has 0 aromatic heterocycles. The van der Waals surface area contributed by atoms with Crippen LogP contribution < -0.4 is 0 Å². The number of aryl methyl sites for hydroxylation is 2. The van der Waals surface area contributed by atoms with Crippen LogP contribution in [0.3, 0.4) is 0 Å². The number of hydrogen-bond donors (Lipinski definition) is 1. The minimum absolute atomic E-state index is 0.0830. The second kappa shape index (κ2) is 5.48. The summed E-state index contributed by atoms with van der Waals surface area (Å²) in [5.41, 5.74) is 3.74. The first kappa shape index (κ1) is 13.5. The largest absolute Gasteiger partial charge is 0.480 e. The van der Waals surface area contributed by atoms with Crippen molar-refractivity contribution in [2.24, 2.45) is 0 Å². The summed E-state index contributed by atoms with van der Waals surface area (Å²) in [7, 11) is 0. The van der Waals surface area contributed by atoms with E-state index in [0.29, 0.717) is 18.1 Å². The third kappa shape index (κ3) is 2.54. The van der Waals surface area contributed by atoms with Gasteiger partial charge in [0, 0.05) is 5.75 Å². The van der Waals surface area contributed by atoms with Gasteiger partial charge < -0.3 is 10.0 Å². The molecule has 1 fully saturated rings. The Morgan fingerprint density at radius 1 is 1.30 bits per heavy atom. The van der Waals surface area contributed by atoms with Gasteiger partial charge >= 0.3 is 5.97 Å². The summed E-state index contributed by atoms with van der Waals surface area (Å²) in [6, 6.07) is 5.56. The fourth-order valence-electron chi connectivity index (χ4n) is 2.90. The normalized spacial score (nSPS) is 21.0. The number of hydrogen-bond acceptors (Lipinski definition) is 3. The van der Waals surface area contributed by atoms with E-state index in [1.807, 2.05) is 6.07 Å². The minimum Gasteiger partial charge on any atom is -0.480 e. The van der Waals surface area contributed by atoms with Crippen molar-refractivity contribution in [1.29, 1.82) is 0 Å². The molecule has 5 heteroatoms. The Morgan fingerprint density at radius 3 is 2.90 bits per heavy atom. The highest BCUT2D eigenvalue weighted by Crippen LogP contribution is 2.25. The summed E-state index contributed by atoms with van der Waals surface area (Å²) < 4.78 is 0. The van der Waals surface area contributed by atoms with Gasteiger partial charge in [-0.25, -0.2) is 4.79 Å². The number of benzene rings is 1. The van der Waals surface area contributed by atoms with Crippen molar-refractivity contribution in [2.75, 3.05) is 11.6 Å². The van der Waals surface area contributed by atoms with Crippen molar-refractivity contribution < 1.29 is 14.7 Å². The van der Waals surface area contributed by atoms with E-state index in [4.69, 9.17) is 5.11 Å². The van der Waals surface area contributed by atoms with Crippen molar-refractivity contribution in [3.63, 3.8) is 0 Å². The fraction of sp³-hybridized carbons (Fsp3) is 0.467. The third-order valence-electron chi connectivity index (χ3n) is 4.01. The summed E-state index contributed by atoms with van der Waals surface area (Å²) in [4.78, 5) is 24.9. The summed E-state index contributed by atoms with van der Waals surface area (Å²) in [5.74, 6) is -0.0101. The first-order valence-corrected chi connectivity index (χ1v) is 8.01. The molecule has 1 aromatic carbocycles. The highest BCUT2D eigenvalue weighted by Gasteiger charge is 2.34. The number of carbonyl (C=O) groups is 2. The van der Waals surface area contributed by atoms with Crippen LogP contribution in [0.25, 0.3) is 0 Å². The lowest BCUT2D eigenvalue weighted by Gasteiger charge is -2.20. The highest BCUT2D eigenvalue weighted by atomic mass is 32.2. The fourth-order valence-corrected chi connectivity index (χ4v) is 4.08. The van der Waals surface area contributed by atoms with Crippen molar-refractivity contribution >= 4 is 23.6 Å². The van der Waals surface area contributed by atoms with Crippen LogP contribution in [-0.4, -0.2) is 39.6 Å². The van der Waals surface area contributed by atoms with Gasteiger partial charge in [0.05, 0.1) is 12.3 Å². The van der Waals surface area contributed by atoms with E-state index < -0.39 is 12.0 Å². The number of amides is 1. The van der Waals surface area contributed by atoms with E-state index in [1.54, 1.807) is 0 Å². The first-order chi connectivity index (χ1) is 9.65. The van der Waals surface area contributed by atoms with Gasteiger partial charge in [0.15, 0.2) is 0 Å². The molecule has 0 spiro atoms. The van der Waals surface area contributed by atoms with E-state index in [9.17, 15) is 9.59 Å². The number of carboxylic acid groups (broad SMARTS) is 1. The maximum absolute atomic E-state index is 12.3. The van der Waals surface area contributed by atoms with Crippen LogP contribution >= 0.6 is 11.8 Å². The maximum Gasteiger partial charge on any atom is 0.327 e. The molecule has 1 saturated heterocycles. The number of nitrogens with zero attached hydrogens (tertiary/aromatic N) is 1. The van der Waals surface area contributed by atoms with E-state index in [0.717, 1.165) is 18.4 Å². The quantitative estimate of drug-likeness (QED) is 0.921. The lowest BCUT2D eigenvalue weighted by molar-refractivity contribution is -0.147. The lowest BCUT2D eigenvalue weighted by Crippen LogP contribution is -2.42. The second-order valence-corrected chi connectivity index (χ2v) is 6.35. The van der Waals surface area contributed by atoms with Crippen molar-refractivity contribution in [3.05, 3.63) is 34.9 Å². The Bertz CT molecular complexity index is 558. The molecule has 0 bridgehead atoms. The first-order valence-electron chi connectivity index (χ1n) is 6.86. The van der Waals surface area contributed by atoms with Crippen molar-refractivity contribution in [3.8, 4) is 0 Å². The number of rotatable bonds is 3. The van der Waals surface area contributed by atoms with Crippen molar-refractivity contribution in [1.82, 2.24) is 4.90 Å². The average molecular weight is 291 g/mol. The molecule has 20 heavy (non-hydrogen) atoms. The number of thioether (sulfide) groups is 1. The van der Waals surface area contributed by atoms with Gasteiger partial charge in [-0.1, -0.05) is 18.2 Å². The van der Waals surface area contributed by atoms with Gasteiger partial charge in [0.25, 0.3) is 0 Å². The molecule has 2 aliphatic rings. The molecule has 1 N–H and O–H groups in total. The number of aliphatic carboxylic acids is 1. The van der Waals surface area contributed by atoms with E-state index in [1.165, 1.54) is 34.2 Å². The number of carbonyl (C=O) groups excluding carboxylic acids is 1. The Morgan fingerprint density at radius 2 is 2.10 bits per heavy atom. The average Bonchev–Trinajstić information content (AvgIpc) is 3.06. The molecular weight excluding hydrogens is 274 g/mol. The maximum atomic E-state index is 12.3. The smallest absolute Gasteiger partial charge is 0.327 e. The van der Waals surface area contributed by atoms with Crippen LogP contribution in [0, 0.1) is 0 Å². The van der Waals surface area contributed by atoms with E-state index in [2.05, 4.69) is 12.1 Å². The van der Waals surface area contributed by atoms with E-state index in [-0.39, 0.29) is 5.91 Å². The number of fused-ring (bicyclic) bond motifs is 1. The molecule has 1 aromatic rings. The molecule has 4 nitrogen and oxygen atoms in total. The van der Waals surface area contributed by atoms with Gasteiger partial charge in [0.2, 0.25) is 5.91 Å². The monoisotopic (exact) mass is 291 g/mol. The molecule has 1 aliphatic heterocycles. The zero-order valence-electron chi connectivity index (χ0n) is 11.2. The Balaban J connectivity index is 1.71. The zero-order valence-corrected chi connectivity index (χ0v) is 12.0. The molecule has 1 amide bonds. The Kier molecular flexibility index (Phi) is 3.70. The second-order valence-electron chi connectivity index (χ2n) is 5.35. The SMILES string of the molecule is O=C(O)C1CSCN1C(=O)Cc1ccc2c(c1)CCC2. The standard InChI is InChI=1S/C15H17NO3S/c17-14(16-9-20-8-13(16)15(18)19)7-10-4-5-11-2-1-3-12(11)6-10/h4-6,13H,1-3,7-9H2,(H,18,19). The summed E-state index contributed by atoms with van der Waals surface area (Å²) >= 11 is 1.50. The molecule has 1 unspecified atom stereocenters. The summed E-state index contributed by atoms with van der Waals surface area (Å²) in [6.45, 7) is 0. The van der Waals surface area contributed by atoms with Crippen LogP contribution in [0.1, 0.15) is 23.1 Å². The Labute approximate surface area is 122 Å². The molecule has 106 valence electrons.